The van der Waals surface area contributed by atoms with E-state index >= 15 is 0 Å². The smallest absolute Gasteiger partial charge is 0.126 e. The molecule has 0 bridgehead atoms. The molecule has 0 aliphatic carbocycles. The fourth-order valence-electron chi connectivity index (χ4n) is 3.05. The Morgan fingerprint density at radius 1 is 0.926 bits per heavy atom. The lowest BCUT2D eigenvalue weighted by Crippen LogP contribution is -2.29. The van der Waals surface area contributed by atoms with Gasteiger partial charge in [0.2, 0.25) is 0 Å². The Balaban J connectivity index is 2.08. The van der Waals surface area contributed by atoms with Crippen molar-refractivity contribution in [3.8, 4) is 0 Å². The zero-order chi connectivity index (χ0) is 19.7. The molecule has 0 saturated carbocycles. The van der Waals surface area contributed by atoms with Crippen LogP contribution in [0.1, 0.15) is 26.2 Å². The maximum atomic E-state index is 6.43. The number of hydrogen-bond acceptors (Lipinski definition) is 2. The molecule has 0 fully saturated rings. The number of unbranched alkanes of at least 4 members (excludes halogenated alkanes) is 1. The monoisotopic (exact) mass is 484 g/mol. The van der Waals surface area contributed by atoms with Gasteiger partial charge in [0, 0.05) is 10.0 Å². The van der Waals surface area contributed by atoms with Crippen LogP contribution in [0.15, 0.2) is 29.5 Å². The summed E-state index contributed by atoms with van der Waals surface area (Å²) < 4.78 is 1.77. The Morgan fingerprint density at radius 2 is 1.44 bits per heavy atom. The summed E-state index contributed by atoms with van der Waals surface area (Å²) in [7, 11) is 0. The minimum atomic E-state index is 0.0592. The second-order valence-corrected chi connectivity index (χ2v) is 8.75. The van der Waals surface area contributed by atoms with Crippen molar-refractivity contribution in [3.63, 3.8) is 0 Å². The predicted molar refractivity (Wildman–Crippen MR) is 116 cm³/mol. The van der Waals surface area contributed by atoms with Gasteiger partial charge in [0.25, 0.3) is 0 Å². The normalized spacial score (nSPS) is 16.8. The third-order valence-corrected chi connectivity index (χ3v) is 5.86. The van der Waals surface area contributed by atoms with Gasteiger partial charge in [-0.3, -0.25) is 0 Å². The van der Waals surface area contributed by atoms with Gasteiger partial charge >= 0.3 is 0 Å². The molecule has 0 aromatic heterocycles. The van der Waals surface area contributed by atoms with E-state index < -0.39 is 0 Å². The van der Waals surface area contributed by atoms with Crippen molar-refractivity contribution in [2.45, 2.75) is 32.2 Å². The average molecular weight is 487 g/mol. The Bertz CT molecular complexity index is 853. The highest BCUT2D eigenvalue weighted by atomic mass is 35.5. The minimum absolute atomic E-state index is 0.0592. The molecule has 3 rings (SSSR count). The molecule has 27 heavy (non-hydrogen) atoms. The van der Waals surface area contributed by atoms with Crippen molar-refractivity contribution in [1.29, 1.82) is 0 Å². The molecule has 0 amide bonds. The highest BCUT2D eigenvalue weighted by molar-refractivity contribution is 6.42. The SMILES string of the molecule is CCCCC1C[N+](c2c(Cl)cc(Cl)cc2Cl)=NN1c1c(Cl)cc(Cl)cc1Cl. The van der Waals surface area contributed by atoms with E-state index in [2.05, 4.69) is 6.92 Å². The lowest BCUT2D eigenvalue weighted by Gasteiger charge is -2.16. The molecule has 2 aromatic rings. The Morgan fingerprint density at radius 3 is 1.96 bits per heavy atom. The van der Waals surface area contributed by atoms with Gasteiger partial charge in [0.1, 0.15) is 0 Å². The summed E-state index contributed by atoms with van der Waals surface area (Å²) >= 11 is 37.7. The van der Waals surface area contributed by atoms with Crippen LogP contribution in [0.3, 0.4) is 0 Å². The molecule has 0 N–H and O–H groups in total. The Kier molecular flexibility index (Phi) is 7.05. The van der Waals surface area contributed by atoms with Crippen molar-refractivity contribution in [3.05, 3.63) is 54.4 Å². The summed E-state index contributed by atoms with van der Waals surface area (Å²) in [6.45, 7) is 2.74. The summed E-state index contributed by atoms with van der Waals surface area (Å²) in [5.41, 5.74) is 1.22. The molecule has 0 spiro atoms. The summed E-state index contributed by atoms with van der Waals surface area (Å²) in [4.78, 5) is 0. The second-order valence-electron chi connectivity index (χ2n) is 6.25. The van der Waals surface area contributed by atoms with Gasteiger partial charge in [-0.05, 0) is 37.1 Å². The second kappa shape index (κ2) is 8.94. The van der Waals surface area contributed by atoms with E-state index in [9.17, 15) is 0 Å². The standard InChI is InChI=1S/C18H16Cl6N3/c1-2-3-4-12-9-26(17-13(21)5-10(19)6-14(17)22)25-27(12)18-15(23)7-11(20)8-16(18)24/h5-8,12H,2-4,9H2,1H3/q+1. The van der Waals surface area contributed by atoms with Gasteiger partial charge in [0.05, 0.1) is 25.3 Å². The molecule has 1 aliphatic rings. The lowest BCUT2D eigenvalue weighted by atomic mass is 10.1. The van der Waals surface area contributed by atoms with Gasteiger partial charge in [-0.15, -0.1) is 9.71 Å². The van der Waals surface area contributed by atoms with Crippen LogP contribution in [0.2, 0.25) is 30.1 Å². The van der Waals surface area contributed by atoms with Crippen LogP contribution in [0.25, 0.3) is 0 Å². The first-order chi connectivity index (χ1) is 12.8. The van der Waals surface area contributed by atoms with Crippen LogP contribution in [0, 0.1) is 0 Å². The zero-order valence-corrected chi connectivity index (χ0v) is 18.9. The molecule has 1 heterocycles. The van der Waals surface area contributed by atoms with Crippen LogP contribution < -0.4 is 5.01 Å². The Labute approximate surface area is 188 Å². The van der Waals surface area contributed by atoms with Crippen molar-refractivity contribution in [1.82, 2.24) is 0 Å². The molecule has 0 radical (unpaired) electrons. The summed E-state index contributed by atoms with van der Waals surface area (Å²) in [6, 6.07) is 6.66. The number of hydrogen-bond donors (Lipinski definition) is 0. The van der Waals surface area contributed by atoms with Crippen LogP contribution in [0.5, 0.6) is 0 Å². The van der Waals surface area contributed by atoms with E-state index in [1.807, 2.05) is 5.01 Å². The maximum absolute atomic E-state index is 6.43. The van der Waals surface area contributed by atoms with Crippen LogP contribution in [0.4, 0.5) is 11.4 Å². The van der Waals surface area contributed by atoms with Crippen LogP contribution >= 0.6 is 69.6 Å². The van der Waals surface area contributed by atoms with Crippen LogP contribution in [-0.4, -0.2) is 17.3 Å². The topological polar surface area (TPSA) is 18.6 Å². The van der Waals surface area contributed by atoms with Gasteiger partial charge in [-0.25, -0.2) is 0 Å². The van der Waals surface area contributed by atoms with E-state index in [0.717, 1.165) is 19.3 Å². The molecule has 9 heteroatoms. The van der Waals surface area contributed by atoms with Gasteiger partial charge in [-0.1, -0.05) is 83.0 Å². The van der Waals surface area contributed by atoms with Crippen molar-refractivity contribution < 1.29 is 4.70 Å². The number of anilines is 1. The summed E-state index contributed by atoms with van der Waals surface area (Å²) in [6.07, 6.45) is 3.01. The average Bonchev–Trinajstić information content (AvgIpc) is 2.94. The van der Waals surface area contributed by atoms with Gasteiger partial charge < -0.3 is 0 Å². The molecule has 1 aliphatic heterocycles. The minimum Gasteiger partial charge on any atom is -0.126 e. The zero-order valence-electron chi connectivity index (χ0n) is 14.3. The van der Waals surface area contributed by atoms with Crippen molar-refractivity contribution in [2.75, 3.05) is 11.6 Å². The number of benzene rings is 2. The van der Waals surface area contributed by atoms with E-state index in [1.54, 1.807) is 29.0 Å². The highest BCUT2D eigenvalue weighted by Gasteiger charge is 2.40. The van der Waals surface area contributed by atoms with Gasteiger partial charge in [0.15, 0.2) is 24.0 Å². The quantitative estimate of drug-likeness (QED) is 0.386. The lowest BCUT2D eigenvalue weighted by molar-refractivity contribution is -0.498. The van der Waals surface area contributed by atoms with E-state index in [0.29, 0.717) is 48.1 Å². The number of nitrogens with zero attached hydrogens (tertiary/aromatic N) is 3. The third-order valence-electron chi connectivity index (χ3n) is 4.28. The van der Waals surface area contributed by atoms with Crippen molar-refractivity contribution in [2.24, 2.45) is 5.22 Å². The molecule has 1 atom stereocenters. The molecule has 0 saturated heterocycles. The fraction of sp³-hybridized carbons (Fsp3) is 0.333. The summed E-state index contributed by atoms with van der Waals surface area (Å²) in [5, 5.41) is 9.22. The van der Waals surface area contributed by atoms with E-state index in [4.69, 9.17) is 74.8 Å². The molecule has 2 aromatic carbocycles. The predicted octanol–water partition coefficient (Wildman–Crippen LogP) is 8.70. The first-order valence-electron chi connectivity index (χ1n) is 8.39. The summed E-state index contributed by atoms with van der Waals surface area (Å²) in [5.74, 6) is 0. The third kappa shape index (κ3) is 4.60. The molecule has 3 nitrogen and oxygen atoms in total. The molecule has 1 unspecified atom stereocenters. The fourth-order valence-corrected chi connectivity index (χ4v) is 5.06. The first-order valence-corrected chi connectivity index (χ1v) is 10.7. The maximum Gasteiger partial charge on any atom is 0.187 e. The molecular formula is C18H16Cl6N3+. The van der Waals surface area contributed by atoms with E-state index in [-0.39, 0.29) is 6.04 Å². The largest absolute Gasteiger partial charge is 0.187 e. The molecular weight excluding hydrogens is 471 g/mol. The van der Waals surface area contributed by atoms with Crippen molar-refractivity contribution >= 4 is 81.0 Å². The van der Waals surface area contributed by atoms with Gasteiger partial charge in [-0.2, -0.15) is 0 Å². The highest BCUT2D eigenvalue weighted by Crippen LogP contribution is 2.43. The number of rotatable bonds is 5. The Hall–Kier alpha value is -0.420. The van der Waals surface area contributed by atoms with Crippen LogP contribution in [-0.2, 0) is 0 Å². The first kappa shape index (κ1) is 21.3. The number of halogens is 6. The molecule has 144 valence electrons. The van der Waals surface area contributed by atoms with E-state index in [1.165, 1.54) is 0 Å².